The van der Waals surface area contributed by atoms with Crippen LogP contribution in [0, 0.1) is 19.7 Å². The first kappa shape index (κ1) is 15.3. The van der Waals surface area contributed by atoms with Gasteiger partial charge in [0, 0.05) is 0 Å². The quantitative estimate of drug-likeness (QED) is 0.936. The van der Waals surface area contributed by atoms with Gasteiger partial charge >= 0.3 is 0 Å². The third kappa shape index (κ3) is 2.85. The first-order valence-corrected chi connectivity index (χ1v) is 6.65. The molecule has 0 aliphatic rings. The van der Waals surface area contributed by atoms with Crippen molar-refractivity contribution in [3.05, 3.63) is 58.4 Å². The smallest absolute Gasteiger partial charge is 0.133 e. The number of halogens is 1. The van der Waals surface area contributed by atoms with Gasteiger partial charge in [0.25, 0.3) is 0 Å². The summed E-state index contributed by atoms with van der Waals surface area (Å²) in [4.78, 5) is 0. The fourth-order valence-corrected chi connectivity index (χ4v) is 2.44. The number of methoxy groups -OCH3 is 2. The van der Waals surface area contributed by atoms with Crippen LogP contribution in [0.2, 0.25) is 0 Å². The number of rotatable bonds is 4. The summed E-state index contributed by atoms with van der Waals surface area (Å²) in [5, 5.41) is 10.6. The minimum absolute atomic E-state index is 0.146. The van der Waals surface area contributed by atoms with Crippen molar-refractivity contribution in [2.45, 2.75) is 20.0 Å². The molecule has 0 aliphatic carbocycles. The number of hydrogen-bond donors (Lipinski definition) is 1. The number of aryl methyl sites for hydroxylation is 2. The summed E-state index contributed by atoms with van der Waals surface area (Å²) in [6, 6.07) is 8.14. The van der Waals surface area contributed by atoms with Crippen molar-refractivity contribution >= 4 is 0 Å². The lowest BCUT2D eigenvalue weighted by molar-refractivity contribution is 0.208. The molecule has 112 valence electrons. The van der Waals surface area contributed by atoms with Crippen LogP contribution in [0.1, 0.15) is 28.4 Å². The SMILES string of the molecule is COc1cc(C)c(C(O)c2c(F)cccc2OC)cc1C. The standard InChI is InChI=1S/C17H19FO3/c1-10-9-15(21-4)11(2)8-12(10)17(19)16-13(18)6-5-7-14(16)20-3/h5-9,17,19H,1-4H3. The van der Waals surface area contributed by atoms with Crippen LogP contribution in [0.4, 0.5) is 4.39 Å². The highest BCUT2D eigenvalue weighted by Gasteiger charge is 2.22. The molecule has 1 unspecified atom stereocenters. The molecule has 4 heteroatoms. The fraction of sp³-hybridized carbons (Fsp3) is 0.294. The molecule has 2 aromatic rings. The average molecular weight is 290 g/mol. The maximum absolute atomic E-state index is 14.1. The topological polar surface area (TPSA) is 38.7 Å². The van der Waals surface area contributed by atoms with E-state index in [4.69, 9.17) is 9.47 Å². The van der Waals surface area contributed by atoms with Gasteiger partial charge in [-0.2, -0.15) is 0 Å². The van der Waals surface area contributed by atoms with Gasteiger partial charge in [0.05, 0.1) is 19.8 Å². The maximum Gasteiger partial charge on any atom is 0.133 e. The van der Waals surface area contributed by atoms with Crippen molar-refractivity contribution in [3.8, 4) is 11.5 Å². The van der Waals surface area contributed by atoms with E-state index in [2.05, 4.69) is 0 Å². The molecule has 0 amide bonds. The molecule has 2 aromatic carbocycles. The molecule has 21 heavy (non-hydrogen) atoms. The van der Waals surface area contributed by atoms with E-state index in [9.17, 15) is 9.50 Å². The van der Waals surface area contributed by atoms with Gasteiger partial charge in [-0.15, -0.1) is 0 Å². The van der Waals surface area contributed by atoms with E-state index in [1.165, 1.54) is 13.2 Å². The molecule has 0 saturated carbocycles. The molecule has 1 N–H and O–H groups in total. The highest BCUT2D eigenvalue weighted by atomic mass is 19.1. The normalized spacial score (nSPS) is 12.1. The summed E-state index contributed by atoms with van der Waals surface area (Å²) in [5.41, 5.74) is 2.49. The minimum Gasteiger partial charge on any atom is -0.496 e. The van der Waals surface area contributed by atoms with Crippen LogP contribution in [0.15, 0.2) is 30.3 Å². The Morgan fingerprint density at radius 3 is 2.29 bits per heavy atom. The lowest BCUT2D eigenvalue weighted by Crippen LogP contribution is -2.07. The molecule has 0 bridgehead atoms. The van der Waals surface area contributed by atoms with Crippen LogP contribution < -0.4 is 9.47 Å². The molecule has 0 radical (unpaired) electrons. The van der Waals surface area contributed by atoms with Crippen LogP contribution in [0.25, 0.3) is 0 Å². The van der Waals surface area contributed by atoms with Crippen LogP contribution >= 0.6 is 0 Å². The molecule has 0 saturated heterocycles. The van der Waals surface area contributed by atoms with Crippen molar-refractivity contribution in [3.63, 3.8) is 0 Å². The van der Waals surface area contributed by atoms with Crippen LogP contribution in [-0.4, -0.2) is 19.3 Å². The largest absolute Gasteiger partial charge is 0.496 e. The van der Waals surface area contributed by atoms with Gasteiger partial charge in [-0.1, -0.05) is 6.07 Å². The third-order valence-electron chi connectivity index (χ3n) is 3.58. The molecule has 1 atom stereocenters. The lowest BCUT2D eigenvalue weighted by atomic mass is 9.94. The van der Waals surface area contributed by atoms with Gasteiger partial charge in [-0.3, -0.25) is 0 Å². The highest BCUT2D eigenvalue weighted by molar-refractivity contribution is 5.48. The molecule has 3 nitrogen and oxygen atoms in total. The predicted molar refractivity (Wildman–Crippen MR) is 79.5 cm³/mol. The number of ether oxygens (including phenoxy) is 2. The van der Waals surface area contributed by atoms with E-state index in [0.717, 1.165) is 16.9 Å². The Balaban J connectivity index is 2.55. The fourth-order valence-electron chi connectivity index (χ4n) is 2.44. The average Bonchev–Trinajstić information content (AvgIpc) is 2.48. The van der Waals surface area contributed by atoms with Crippen molar-refractivity contribution in [1.29, 1.82) is 0 Å². The number of aliphatic hydroxyl groups is 1. The third-order valence-corrected chi connectivity index (χ3v) is 3.58. The molecular formula is C17H19FO3. The molecule has 0 aliphatic heterocycles. The van der Waals surface area contributed by atoms with Gasteiger partial charge in [0.2, 0.25) is 0 Å². The molecule has 0 spiro atoms. The van der Waals surface area contributed by atoms with Crippen LogP contribution in [-0.2, 0) is 0 Å². The monoisotopic (exact) mass is 290 g/mol. The second-order valence-electron chi connectivity index (χ2n) is 4.94. The Morgan fingerprint density at radius 2 is 1.67 bits per heavy atom. The van der Waals surface area contributed by atoms with E-state index < -0.39 is 11.9 Å². The van der Waals surface area contributed by atoms with Gasteiger partial charge in [0.15, 0.2) is 0 Å². The first-order chi connectivity index (χ1) is 9.99. The van der Waals surface area contributed by atoms with E-state index in [-0.39, 0.29) is 5.56 Å². The molecule has 2 rings (SSSR count). The summed E-state index contributed by atoms with van der Waals surface area (Å²) < 4.78 is 24.5. The van der Waals surface area contributed by atoms with Crippen molar-refractivity contribution in [2.24, 2.45) is 0 Å². The van der Waals surface area contributed by atoms with Gasteiger partial charge in [-0.25, -0.2) is 4.39 Å². The summed E-state index contributed by atoms with van der Waals surface area (Å²) in [7, 11) is 3.05. The van der Waals surface area contributed by atoms with Gasteiger partial charge in [0.1, 0.15) is 23.4 Å². The summed E-state index contributed by atoms with van der Waals surface area (Å²) in [6.45, 7) is 3.74. The second kappa shape index (κ2) is 6.14. The van der Waals surface area contributed by atoms with E-state index in [1.54, 1.807) is 19.2 Å². The highest BCUT2D eigenvalue weighted by Crippen LogP contribution is 2.35. The van der Waals surface area contributed by atoms with E-state index in [1.807, 2.05) is 26.0 Å². The summed E-state index contributed by atoms with van der Waals surface area (Å²) in [6.07, 6.45) is -1.09. The zero-order valence-electron chi connectivity index (χ0n) is 12.6. The van der Waals surface area contributed by atoms with Crippen molar-refractivity contribution < 1.29 is 19.0 Å². The Morgan fingerprint density at radius 1 is 1.00 bits per heavy atom. The van der Waals surface area contributed by atoms with Gasteiger partial charge in [-0.05, 0) is 54.8 Å². The Bertz CT molecular complexity index is 653. The molecule has 0 heterocycles. The minimum atomic E-state index is -1.09. The first-order valence-electron chi connectivity index (χ1n) is 6.65. The summed E-state index contributed by atoms with van der Waals surface area (Å²) >= 11 is 0. The Hall–Kier alpha value is -2.07. The number of hydrogen-bond acceptors (Lipinski definition) is 3. The molecule has 0 aromatic heterocycles. The van der Waals surface area contributed by atoms with Crippen molar-refractivity contribution in [1.82, 2.24) is 0 Å². The Labute approximate surface area is 124 Å². The summed E-state index contributed by atoms with van der Waals surface area (Å²) in [5.74, 6) is 0.578. The van der Waals surface area contributed by atoms with Crippen LogP contribution in [0.3, 0.4) is 0 Å². The van der Waals surface area contributed by atoms with E-state index in [0.29, 0.717) is 11.3 Å². The number of benzene rings is 2. The van der Waals surface area contributed by atoms with E-state index >= 15 is 0 Å². The molecular weight excluding hydrogens is 271 g/mol. The lowest BCUT2D eigenvalue weighted by Gasteiger charge is -2.19. The van der Waals surface area contributed by atoms with Gasteiger partial charge < -0.3 is 14.6 Å². The van der Waals surface area contributed by atoms with Crippen LogP contribution in [0.5, 0.6) is 11.5 Å². The zero-order chi connectivity index (χ0) is 15.6. The zero-order valence-corrected chi connectivity index (χ0v) is 12.6. The number of aliphatic hydroxyl groups excluding tert-OH is 1. The second-order valence-corrected chi connectivity index (χ2v) is 4.94. The van der Waals surface area contributed by atoms with Crippen molar-refractivity contribution in [2.75, 3.05) is 14.2 Å². The Kier molecular flexibility index (Phi) is 4.48. The maximum atomic E-state index is 14.1. The molecule has 0 fully saturated rings. The predicted octanol–water partition coefficient (Wildman–Crippen LogP) is 3.54.